The van der Waals surface area contributed by atoms with E-state index in [2.05, 4.69) is 4.74 Å². The van der Waals surface area contributed by atoms with Crippen LogP contribution in [0.4, 0.5) is 17.6 Å². The molecule has 1 amide bonds. The predicted molar refractivity (Wildman–Crippen MR) is 110 cm³/mol. The van der Waals surface area contributed by atoms with Gasteiger partial charge >= 0.3 is 6.36 Å². The highest BCUT2D eigenvalue weighted by Crippen LogP contribution is 2.43. The molecule has 4 rings (SSSR count). The van der Waals surface area contributed by atoms with Gasteiger partial charge in [0.25, 0.3) is 5.91 Å². The highest BCUT2D eigenvalue weighted by Gasteiger charge is 2.51. The molecule has 0 spiro atoms. The molecule has 2 heterocycles. The van der Waals surface area contributed by atoms with E-state index in [1.54, 1.807) is 6.07 Å². The second kappa shape index (κ2) is 9.77. The van der Waals surface area contributed by atoms with Gasteiger partial charge in [0.05, 0.1) is 23.0 Å². The van der Waals surface area contributed by atoms with Crippen LogP contribution in [0.3, 0.4) is 0 Å². The average molecular weight is 487 g/mol. The van der Waals surface area contributed by atoms with Crippen molar-refractivity contribution in [1.29, 1.82) is 0 Å². The third-order valence-electron chi connectivity index (χ3n) is 5.69. The molecule has 2 aromatic rings. The second-order valence-electron chi connectivity index (χ2n) is 7.70. The molecule has 0 aromatic heterocycles. The Labute approximate surface area is 195 Å². The zero-order valence-corrected chi connectivity index (χ0v) is 18.1. The maximum absolute atomic E-state index is 13.9. The van der Waals surface area contributed by atoms with Gasteiger partial charge in [0, 0.05) is 18.5 Å². The number of halogens is 4. The zero-order chi connectivity index (χ0) is 26.1. The summed E-state index contributed by atoms with van der Waals surface area (Å²) in [5.74, 6) is -0.654. The quantitative estimate of drug-likeness (QED) is 0.437. The van der Waals surface area contributed by atoms with Crippen LogP contribution in [0, 0.1) is 5.82 Å². The molecule has 2 aromatic carbocycles. The van der Waals surface area contributed by atoms with Crippen LogP contribution in [-0.4, -0.2) is 63.4 Å². The topological polar surface area (TPSA) is 66.5 Å². The van der Waals surface area contributed by atoms with Crippen molar-refractivity contribution < 1.29 is 48.8 Å². The van der Waals surface area contributed by atoms with Gasteiger partial charge in [-0.15, -0.1) is 13.2 Å². The Morgan fingerprint density at radius 3 is 2.79 bits per heavy atom. The maximum Gasteiger partial charge on any atom is 0.522 e. The molecule has 0 radical (unpaired) electrons. The van der Waals surface area contributed by atoms with Crippen LogP contribution in [0.25, 0.3) is 0 Å². The van der Waals surface area contributed by atoms with Crippen molar-refractivity contribution >= 4 is 5.91 Å². The van der Waals surface area contributed by atoms with Crippen LogP contribution in [0.1, 0.15) is 25.1 Å². The number of benzene rings is 2. The molecule has 2 atom stereocenters. The molecule has 0 N–H and O–H groups in total. The molecule has 2 fully saturated rings. The Kier molecular flexibility index (Phi) is 6.21. The van der Waals surface area contributed by atoms with Crippen molar-refractivity contribution in [2.24, 2.45) is 0 Å². The molecular weight excluding hydrogens is 462 g/mol. The van der Waals surface area contributed by atoms with E-state index in [-0.39, 0.29) is 36.6 Å². The van der Waals surface area contributed by atoms with Gasteiger partial charge in [0.2, 0.25) is 0 Å². The van der Waals surface area contributed by atoms with Crippen molar-refractivity contribution in [1.82, 2.24) is 4.90 Å². The lowest BCUT2D eigenvalue weighted by Crippen LogP contribution is -2.53. The highest BCUT2D eigenvalue weighted by molar-refractivity contribution is 5.95. The molecule has 184 valence electrons. The lowest BCUT2D eigenvalue weighted by Gasteiger charge is -2.42. The summed E-state index contributed by atoms with van der Waals surface area (Å²) in [4.78, 5) is 14.7. The first-order chi connectivity index (χ1) is 16.9. The standard InChI is InChI=1S/C23H23F4NO6/c1-30-19-11-15(5-6-18(19)31-9-10-33-23(25,26)27)21(29)28-8-7-22(20(13-28)32-14-34-22)16-3-2-4-17(24)12-16/h2-6,11-12,20H,7-10,13-14H2,1H3/t20-,22-/m1/s1/i14D2. The van der Waals surface area contributed by atoms with E-state index in [0.29, 0.717) is 5.56 Å². The monoisotopic (exact) mass is 487 g/mol. The van der Waals surface area contributed by atoms with Crippen molar-refractivity contribution in [2.75, 3.05) is 40.2 Å². The van der Waals surface area contributed by atoms with Crippen LogP contribution < -0.4 is 9.47 Å². The molecule has 0 unspecified atom stereocenters. The van der Waals surface area contributed by atoms with E-state index >= 15 is 0 Å². The van der Waals surface area contributed by atoms with Gasteiger partial charge in [-0.2, -0.15) is 0 Å². The fourth-order valence-corrected chi connectivity index (χ4v) is 4.04. The third-order valence-corrected chi connectivity index (χ3v) is 5.69. The smallest absolute Gasteiger partial charge is 0.493 e. The molecule has 0 aliphatic carbocycles. The lowest BCUT2D eigenvalue weighted by atomic mass is 9.82. The van der Waals surface area contributed by atoms with Crippen LogP contribution in [0.2, 0.25) is 0 Å². The first-order valence-electron chi connectivity index (χ1n) is 11.4. The van der Waals surface area contributed by atoms with E-state index in [1.165, 1.54) is 48.4 Å². The predicted octanol–water partition coefficient (Wildman–Crippen LogP) is 3.86. The van der Waals surface area contributed by atoms with Gasteiger partial charge in [0.15, 0.2) is 11.5 Å². The molecule has 2 aliphatic rings. The Morgan fingerprint density at radius 2 is 2.06 bits per heavy atom. The number of nitrogens with zero attached hydrogens (tertiary/aromatic N) is 1. The summed E-state index contributed by atoms with van der Waals surface area (Å²) < 4.78 is 91.4. The minimum absolute atomic E-state index is 0.0236. The van der Waals surface area contributed by atoms with Gasteiger partial charge in [-0.3, -0.25) is 9.53 Å². The maximum atomic E-state index is 13.9. The third kappa shape index (κ3) is 5.11. The number of fused-ring (bicyclic) bond motifs is 1. The van der Waals surface area contributed by atoms with Crippen molar-refractivity contribution in [3.8, 4) is 11.5 Å². The summed E-state index contributed by atoms with van der Waals surface area (Å²) in [6, 6.07) is 9.87. The van der Waals surface area contributed by atoms with Crippen molar-refractivity contribution in [3.63, 3.8) is 0 Å². The van der Waals surface area contributed by atoms with Crippen LogP contribution in [0.5, 0.6) is 11.5 Å². The summed E-state index contributed by atoms with van der Waals surface area (Å²) >= 11 is 0. The summed E-state index contributed by atoms with van der Waals surface area (Å²) in [6.45, 7) is -3.39. The summed E-state index contributed by atoms with van der Waals surface area (Å²) in [5.41, 5.74) is -0.638. The van der Waals surface area contributed by atoms with E-state index in [9.17, 15) is 22.4 Å². The van der Waals surface area contributed by atoms with Crippen molar-refractivity contribution in [3.05, 3.63) is 59.4 Å². The van der Waals surface area contributed by atoms with E-state index in [4.69, 9.17) is 21.7 Å². The van der Waals surface area contributed by atoms with Crippen molar-refractivity contribution in [2.45, 2.75) is 24.5 Å². The number of hydrogen-bond acceptors (Lipinski definition) is 6. The van der Waals surface area contributed by atoms with Gasteiger partial charge in [0.1, 0.15) is 30.9 Å². The molecule has 7 nitrogen and oxygen atoms in total. The number of amides is 1. The molecular formula is C23H23F4NO6. The largest absolute Gasteiger partial charge is 0.522 e. The SMILES string of the molecule is [2H]C1([2H])O[C@@H]2CN(C(=O)c3ccc(OCCOC(F)(F)F)c(OC)c3)CC[C@]2(c2cccc(F)c2)O1. The van der Waals surface area contributed by atoms with Crippen LogP contribution in [-0.2, 0) is 19.8 Å². The number of rotatable bonds is 7. The van der Waals surface area contributed by atoms with E-state index < -0.39 is 49.8 Å². The van der Waals surface area contributed by atoms with Crippen LogP contribution >= 0.6 is 0 Å². The number of alkyl halides is 3. The lowest BCUT2D eigenvalue weighted by molar-refractivity contribution is -0.325. The molecule has 2 aliphatic heterocycles. The molecule has 0 saturated carbocycles. The minimum atomic E-state index is -4.77. The van der Waals surface area contributed by atoms with Gasteiger partial charge in [-0.1, -0.05) is 12.1 Å². The van der Waals surface area contributed by atoms with E-state index in [1.807, 2.05) is 0 Å². The zero-order valence-electron chi connectivity index (χ0n) is 20.1. The Bertz CT molecular complexity index is 1120. The van der Waals surface area contributed by atoms with Crippen LogP contribution in [0.15, 0.2) is 42.5 Å². The van der Waals surface area contributed by atoms with Gasteiger partial charge in [-0.05, 0) is 35.9 Å². The average Bonchev–Trinajstić information content (AvgIpc) is 3.11. The minimum Gasteiger partial charge on any atom is -0.493 e. The Morgan fingerprint density at radius 1 is 1.24 bits per heavy atom. The summed E-state index contributed by atoms with van der Waals surface area (Å²) in [6.07, 6.45) is -5.51. The Balaban J connectivity index is 1.48. The number of piperidine rings is 1. The number of carbonyl (C=O) groups excluding carboxylic acids is 1. The first-order valence-corrected chi connectivity index (χ1v) is 10.4. The molecule has 11 heteroatoms. The highest BCUT2D eigenvalue weighted by atomic mass is 19.4. The van der Waals surface area contributed by atoms with E-state index in [0.717, 1.165) is 0 Å². The molecule has 2 saturated heterocycles. The second-order valence-corrected chi connectivity index (χ2v) is 7.70. The summed E-state index contributed by atoms with van der Waals surface area (Å²) in [7, 11) is 1.32. The number of carbonyl (C=O) groups is 1. The number of hydrogen-bond donors (Lipinski definition) is 0. The molecule has 34 heavy (non-hydrogen) atoms. The summed E-state index contributed by atoms with van der Waals surface area (Å²) in [5, 5.41) is 0. The number of ether oxygens (including phenoxy) is 5. The Hall–Kier alpha value is -2.89. The normalized spacial score (nSPS) is 24.7. The number of likely N-dealkylation sites (tertiary alicyclic amines) is 1. The fraction of sp³-hybridized carbons (Fsp3) is 0.435. The van der Waals surface area contributed by atoms with Gasteiger partial charge in [-0.25, -0.2) is 4.39 Å². The van der Waals surface area contributed by atoms with Gasteiger partial charge < -0.3 is 23.8 Å². The fourth-order valence-electron chi connectivity index (χ4n) is 4.04. The number of methoxy groups -OCH3 is 1. The first kappa shape index (κ1) is 21.6. The molecule has 0 bridgehead atoms.